The molecule has 0 bridgehead atoms. The van der Waals surface area contributed by atoms with Gasteiger partial charge in [0.25, 0.3) is 0 Å². The second-order valence-corrected chi connectivity index (χ2v) is 5.71. The maximum atomic E-state index is 10.7. The van der Waals surface area contributed by atoms with Crippen LogP contribution in [0, 0.1) is 0 Å². The summed E-state index contributed by atoms with van der Waals surface area (Å²) in [7, 11) is 0. The van der Waals surface area contributed by atoms with Crippen LogP contribution in [0.25, 0.3) is 11.0 Å². The van der Waals surface area contributed by atoms with Crippen molar-refractivity contribution in [3.05, 3.63) is 59.4 Å². The van der Waals surface area contributed by atoms with Gasteiger partial charge in [0.2, 0.25) is 0 Å². The topological polar surface area (TPSA) is 58.2 Å². The number of imidazole rings is 1. The number of benzene rings is 2. The quantitative estimate of drug-likeness (QED) is 0.753. The minimum Gasteiger partial charge on any atom is -0.344 e. The van der Waals surface area contributed by atoms with Crippen LogP contribution in [0.3, 0.4) is 0 Å². The lowest BCUT2D eigenvalue weighted by Crippen LogP contribution is -2.29. The number of carbonyl (C=O) groups is 1. The molecule has 0 saturated carbocycles. The number of aromatic nitrogens is 2. The summed E-state index contributed by atoms with van der Waals surface area (Å²) in [5.41, 5.74) is 5.32. The van der Waals surface area contributed by atoms with Crippen molar-refractivity contribution in [2.75, 3.05) is 11.6 Å². The molecule has 2 heterocycles. The zero-order chi connectivity index (χ0) is 15.6. The van der Waals surface area contributed by atoms with E-state index in [4.69, 9.17) is 9.82 Å². The SMILES string of the molecule is O=CON1CCCc2c1ccc1[nH]c(Cc3ccccc3)nc21. The fourth-order valence-corrected chi connectivity index (χ4v) is 3.21. The number of hydrogen-bond donors (Lipinski definition) is 1. The summed E-state index contributed by atoms with van der Waals surface area (Å²) in [6, 6.07) is 14.3. The van der Waals surface area contributed by atoms with Gasteiger partial charge < -0.3 is 9.82 Å². The molecule has 1 aromatic heterocycles. The zero-order valence-corrected chi connectivity index (χ0v) is 12.7. The number of aromatic amines is 1. The standard InChI is InChI=1S/C18H17N3O2/c22-12-23-21-10-4-7-14-16(21)9-8-15-18(14)20-17(19-15)11-13-5-2-1-3-6-13/h1-3,5-6,8-9,12H,4,7,10-11H2,(H,19,20). The highest BCUT2D eigenvalue weighted by Gasteiger charge is 2.21. The van der Waals surface area contributed by atoms with Crippen LogP contribution in [0.5, 0.6) is 0 Å². The van der Waals surface area contributed by atoms with E-state index in [1.54, 1.807) is 5.06 Å². The van der Waals surface area contributed by atoms with E-state index in [0.717, 1.165) is 53.9 Å². The molecule has 1 aliphatic heterocycles. The van der Waals surface area contributed by atoms with Gasteiger partial charge in [0.05, 0.1) is 23.3 Å². The van der Waals surface area contributed by atoms with E-state index in [-0.39, 0.29) is 0 Å². The molecule has 1 N–H and O–H groups in total. The van der Waals surface area contributed by atoms with Gasteiger partial charge in [0.1, 0.15) is 5.82 Å². The molecule has 5 nitrogen and oxygen atoms in total. The van der Waals surface area contributed by atoms with Gasteiger partial charge in [-0.1, -0.05) is 30.3 Å². The highest BCUT2D eigenvalue weighted by Crippen LogP contribution is 2.32. The third-order valence-electron chi connectivity index (χ3n) is 4.23. The van der Waals surface area contributed by atoms with Gasteiger partial charge in [0, 0.05) is 12.0 Å². The maximum Gasteiger partial charge on any atom is 0.320 e. The summed E-state index contributed by atoms with van der Waals surface area (Å²) >= 11 is 0. The smallest absolute Gasteiger partial charge is 0.320 e. The third-order valence-corrected chi connectivity index (χ3v) is 4.23. The minimum atomic E-state index is 0.477. The average molecular weight is 307 g/mol. The number of carbonyl (C=O) groups excluding carboxylic acids is 1. The normalized spacial score (nSPS) is 13.8. The second-order valence-electron chi connectivity index (χ2n) is 5.71. The van der Waals surface area contributed by atoms with Crippen LogP contribution in [0.2, 0.25) is 0 Å². The van der Waals surface area contributed by atoms with E-state index in [1.165, 1.54) is 5.56 Å². The number of H-pyrrole nitrogens is 1. The number of fused-ring (bicyclic) bond motifs is 3. The largest absolute Gasteiger partial charge is 0.344 e. The first-order valence-corrected chi connectivity index (χ1v) is 7.77. The lowest BCUT2D eigenvalue weighted by Gasteiger charge is -2.27. The molecule has 2 aromatic carbocycles. The Morgan fingerprint density at radius 2 is 2.09 bits per heavy atom. The van der Waals surface area contributed by atoms with Crippen molar-refractivity contribution in [1.29, 1.82) is 0 Å². The first-order valence-electron chi connectivity index (χ1n) is 7.77. The van der Waals surface area contributed by atoms with Crippen LogP contribution in [0.4, 0.5) is 5.69 Å². The minimum absolute atomic E-state index is 0.477. The second kappa shape index (κ2) is 5.76. The molecule has 3 aromatic rings. The van der Waals surface area contributed by atoms with Crippen LogP contribution in [-0.2, 0) is 22.5 Å². The molecular formula is C18H17N3O2. The Labute approximate surface area is 133 Å². The maximum absolute atomic E-state index is 10.7. The first kappa shape index (κ1) is 13.8. The molecule has 1 aliphatic rings. The number of aryl methyl sites for hydroxylation is 1. The molecule has 4 rings (SSSR count). The summed E-state index contributed by atoms with van der Waals surface area (Å²) in [5.74, 6) is 0.952. The highest BCUT2D eigenvalue weighted by molar-refractivity contribution is 5.85. The molecule has 0 aliphatic carbocycles. The van der Waals surface area contributed by atoms with Crippen molar-refractivity contribution in [1.82, 2.24) is 9.97 Å². The Kier molecular flexibility index (Phi) is 3.46. The van der Waals surface area contributed by atoms with Crippen molar-refractivity contribution in [3.63, 3.8) is 0 Å². The zero-order valence-electron chi connectivity index (χ0n) is 12.7. The predicted molar refractivity (Wildman–Crippen MR) is 88.2 cm³/mol. The predicted octanol–water partition coefficient (Wildman–Crippen LogP) is 2.99. The fraction of sp³-hybridized carbons (Fsp3) is 0.222. The van der Waals surface area contributed by atoms with Crippen LogP contribution in [0.15, 0.2) is 42.5 Å². The van der Waals surface area contributed by atoms with Gasteiger partial charge in [-0.05, 0) is 30.5 Å². The van der Waals surface area contributed by atoms with Crippen molar-refractivity contribution in [3.8, 4) is 0 Å². The number of nitrogens with zero attached hydrogens (tertiary/aromatic N) is 2. The van der Waals surface area contributed by atoms with Gasteiger partial charge >= 0.3 is 6.47 Å². The summed E-state index contributed by atoms with van der Waals surface area (Å²) in [5, 5.41) is 1.65. The van der Waals surface area contributed by atoms with E-state index in [0.29, 0.717) is 6.47 Å². The number of rotatable bonds is 4. The number of anilines is 1. The number of hydrogen-bond acceptors (Lipinski definition) is 4. The molecular weight excluding hydrogens is 290 g/mol. The molecule has 0 fully saturated rings. The van der Waals surface area contributed by atoms with Crippen LogP contribution >= 0.6 is 0 Å². The number of hydroxylamine groups is 1. The van der Waals surface area contributed by atoms with Crippen molar-refractivity contribution in [2.45, 2.75) is 19.3 Å². The lowest BCUT2D eigenvalue weighted by atomic mass is 10.0. The molecule has 0 saturated heterocycles. The molecule has 0 amide bonds. The molecule has 116 valence electrons. The first-order chi connectivity index (χ1) is 11.3. The van der Waals surface area contributed by atoms with Gasteiger partial charge in [-0.25, -0.2) is 10.0 Å². The van der Waals surface area contributed by atoms with Gasteiger partial charge in [-0.15, -0.1) is 0 Å². The summed E-state index contributed by atoms with van der Waals surface area (Å²) in [6.07, 6.45) is 2.67. The molecule has 0 spiro atoms. The van der Waals surface area contributed by atoms with E-state index in [2.05, 4.69) is 17.1 Å². The third kappa shape index (κ3) is 2.54. The Morgan fingerprint density at radius 3 is 2.91 bits per heavy atom. The van der Waals surface area contributed by atoms with Gasteiger partial charge in [-0.3, -0.25) is 4.79 Å². The molecule has 0 radical (unpaired) electrons. The summed E-state index contributed by atoms with van der Waals surface area (Å²) in [6.45, 7) is 1.20. The average Bonchev–Trinajstić information content (AvgIpc) is 2.99. The van der Waals surface area contributed by atoms with E-state index < -0.39 is 0 Å². The molecule has 23 heavy (non-hydrogen) atoms. The number of nitrogens with one attached hydrogen (secondary N) is 1. The Morgan fingerprint density at radius 1 is 1.22 bits per heavy atom. The van der Waals surface area contributed by atoms with Crippen LogP contribution in [0.1, 0.15) is 23.4 Å². The van der Waals surface area contributed by atoms with Crippen molar-refractivity contribution < 1.29 is 9.63 Å². The van der Waals surface area contributed by atoms with E-state index in [9.17, 15) is 4.79 Å². The monoisotopic (exact) mass is 307 g/mol. The van der Waals surface area contributed by atoms with Crippen molar-refractivity contribution in [2.24, 2.45) is 0 Å². The van der Waals surface area contributed by atoms with Gasteiger partial charge in [0.15, 0.2) is 0 Å². The fourth-order valence-electron chi connectivity index (χ4n) is 3.21. The molecule has 0 unspecified atom stereocenters. The summed E-state index contributed by atoms with van der Waals surface area (Å²) < 4.78 is 0. The Hall–Kier alpha value is -2.82. The van der Waals surface area contributed by atoms with Crippen molar-refractivity contribution >= 4 is 23.2 Å². The van der Waals surface area contributed by atoms with Crippen LogP contribution in [-0.4, -0.2) is 23.0 Å². The Balaban J connectivity index is 1.73. The van der Waals surface area contributed by atoms with E-state index in [1.807, 2.05) is 30.3 Å². The lowest BCUT2D eigenvalue weighted by molar-refractivity contribution is -0.130. The molecule has 5 heteroatoms. The van der Waals surface area contributed by atoms with Crippen LogP contribution < -0.4 is 5.06 Å². The Bertz CT molecular complexity index is 842. The molecule has 0 atom stereocenters. The highest BCUT2D eigenvalue weighted by atomic mass is 16.7. The van der Waals surface area contributed by atoms with Gasteiger partial charge in [-0.2, -0.15) is 0 Å². The van der Waals surface area contributed by atoms with E-state index >= 15 is 0 Å². The summed E-state index contributed by atoms with van der Waals surface area (Å²) in [4.78, 5) is 23.9.